The lowest BCUT2D eigenvalue weighted by Gasteiger charge is -2.10. The van der Waals surface area contributed by atoms with Gasteiger partial charge in [-0.2, -0.15) is 0 Å². The van der Waals surface area contributed by atoms with Gasteiger partial charge in [0.05, 0.1) is 0 Å². The molecule has 0 unspecified atom stereocenters. The average Bonchev–Trinajstić information content (AvgIpc) is 2.40. The first-order valence-electron chi connectivity index (χ1n) is 6.15. The highest BCUT2D eigenvalue weighted by Crippen LogP contribution is 2.17. The summed E-state index contributed by atoms with van der Waals surface area (Å²) in [6, 6.07) is 13.9. The lowest BCUT2D eigenvalue weighted by molar-refractivity contribution is 0.305. The topological polar surface area (TPSA) is 35.2 Å². The van der Waals surface area contributed by atoms with Crippen LogP contribution in [-0.2, 0) is 6.61 Å². The third-order valence-electron chi connectivity index (χ3n) is 3.02. The van der Waals surface area contributed by atoms with E-state index in [4.69, 9.17) is 22.7 Å². The number of aryl methyl sites for hydroxylation is 2. The van der Waals surface area contributed by atoms with Crippen LogP contribution in [0.4, 0.5) is 0 Å². The van der Waals surface area contributed by atoms with Crippen LogP contribution in [0.1, 0.15) is 22.3 Å². The fourth-order valence-corrected chi connectivity index (χ4v) is 1.98. The van der Waals surface area contributed by atoms with Gasteiger partial charge < -0.3 is 10.5 Å². The normalized spacial score (nSPS) is 10.2. The maximum absolute atomic E-state index is 5.80. The lowest BCUT2D eigenvalue weighted by atomic mass is 10.1. The molecule has 98 valence electrons. The van der Waals surface area contributed by atoms with Gasteiger partial charge in [0.15, 0.2) is 0 Å². The maximum atomic E-state index is 5.80. The molecule has 0 fully saturated rings. The van der Waals surface area contributed by atoms with Crippen LogP contribution in [0.2, 0.25) is 0 Å². The Morgan fingerprint density at radius 1 is 1.16 bits per heavy atom. The Kier molecular flexibility index (Phi) is 4.17. The Hall–Kier alpha value is -1.87. The highest BCUT2D eigenvalue weighted by Gasteiger charge is 2.02. The summed E-state index contributed by atoms with van der Waals surface area (Å²) >= 11 is 4.96. The van der Waals surface area contributed by atoms with Gasteiger partial charge >= 0.3 is 0 Å². The molecular weight excluding hydrogens is 254 g/mol. The third-order valence-corrected chi connectivity index (χ3v) is 3.25. The van der Waals surface area contributed by atoms with Crippen molar-refractivity contribution in [3.63, 3.8) is 0 Å². The van der Waals surface area contributed by atoms with Crippen molar-refractivity contribution in [2.45, 2.75) is 20.5 Å². The zero-order chi connectivity index (χ0) is 13.8. The Morgan fingerprint density at radius 2 is 1.95 bits per heavy atom. The van der Waals surface area contributed by atoms with E-state index in [1.807, 2.05) is 24.3 Å². The second kappa shape index (κ2) is 5.85. The zero-order valence-electron chi connectivity index (χ0n) is 11.1. The van der Waals surface area contributed by atoms with Crippen molar-refractivity contribution in [1.82, 2.24) is 0 Å². The molecule has 19 heavy (non-hydrogen) atoms. The van der Waals surface area contributed by atoms with Gasteiger partial charge in [0.2, 0.25) is 0 Å². The molecular formula is C16H17NOS. The van der Waals surface area contributed by atoms with Gasteiger partial charge in [-0.25, -0.2) is 0 Å². The fourth-order valence-electron chi connectivity index (χ4n) is 1.86. The number of thiocarbonyl (C=S) groups is 1. The van der Waals surface area contributed by atoms with E-state index < -0.39 is 0 Å². The fraction of sp³-hybridized carbons (Fsp3) is 0.188. The van der Waals surface area contributed by atoms with Crippen LogP contribution in [0.25, 0.3) is 0 Å². The van der Waals surface area contributed by atoms with Crippen LogP contribution in [0.15, 0.2) is 42.5 Å². The average molecular weight is 271 g/mol. The number of hydrogen-bond acceptors (Lipinski definition) is 2. The molecule has 2 N–H and O–H groups in total. The van der Waals surface area contributed by atoms with E-state index in [0.717, 1.165) is 11.3 Å². The third kappa shape index (κ3) is 3.55. The van der Waals surface area contributed by atoms with Crippen molar-refractivity contribution < 1.29 is 4.74 Å². The van der Waals surface area contributed by atoms with Gasteiger partial charge in [-0.1, -0.05) is 48.1 Å². The largest absolute Gasteiger partial charge is 0.489 e. The van der Waals surface area contributed by atoms with Crippen LogP contribution in [0, 0.1) is 13.8 Å². The molecule has 0 saturated carbocycles. The molecule has 0 saturated heterocycles. The van der Waals surface area contributed by atoms with Gasteiger partial charge in [-0.15, -0.1) is 0 Å². The number of benzene rings is 2. The smallest absolute Gasteiger partial charge is 0.120 e. The van der Waals surface area contributed by atoms with Crippen molar-refractivity contribution in [1.29, 1.82) is 0 Å². The SMILES string of the molecule is Cc1ccc(C)c(COc2cccc(C(N)=S)c2)c1. The Bertz CT molecular complexity index is 607. The van der Waals surface area contributed by atoms with E-state index in [9.17, 15) is 0 Å². The second-order valence-corrected chi connectivity index (χ2v) is 5.05. The molecule has 0 aliphatic rings. The van der Waals surface area contributed by atoms with Crippen molar-refractivity contribution in [2.24, 2.45) is 5.73 Å². The minimum atomic E-state index is 0.386. The first kappa shape index (κ1) is 13.6. The number of nitrogens with two attached hydrogens (primary N) is 1. The summed E-state index contributed by atoms with van der Waals surface area (Å²) < 4.78 is 5.80. The molecule has 0 aromatic heterocycles. The first-order valence-corrected chi connectivity index (χ1v) is 6.56. The van der Waals surface area contributed by atoms with Gasteiger partial charge in [-0.3, -0.25) is 0 Å². The van der Waals surface area contributed by atoms with Crippen LogP contribution < -0.4 is 10.5 Å². The second-order valence-electron chi connectivity index (χ2n) is 4.61. The number of ether oxygens (including phenoxy) is 1. The monoisotopic (exact) mass is 271 g/mol. The van der Waals surface area contributed by atoms with Crippen LogP contribution in [0.3, 0.4) is 0 Å². The van der Waals surface area contributed by atoms with E-state index in [-0.39, 0.29) is 0 Å². The molecule has 0 atom stereocenters. The van der Waals surface area contributed by atoms with E-state index in [0.29, 0.717) is 11.6 Å². The van der Waals surface area contributed by atoms with E-state index in [2.05, 4.69) is 32.0 Å². The summed E-state index contributed by atoms with van der Waals surface area (Å²) in [4.78, 5) is 0.386. The summed E-state index contributed by atoms with van der Waals surface area (Å²) in [6.07, 6.45) is 0. The van der Waals surface area contributed by atoms with Crippen molar-refractivity contribution in [2.75, 3.05) is 0 Å². The van der Waals surface area contributed by atoms with Gasteiger partial charge in [0, 0.05) is 5.56 Å². The molecule has 2 nitrogen and oxygen atoms in total. The minimum absolute atomic E-state index is 0.386. The molecule has 0 bridgehead atoms. The maximum Gasteiger partial charge on any atom is 0.120 e. The minimum Gasteiger partial charge on any atom is -0.489 e. The van der Waals surface area contributed by atoms with Crippen molar-refractivity contribution >= 4 is 17.2 Å². The van der Waals surface area contributed by atoms with Crippen LogP contribution in [0.5, 0.6) is 5.75 Å². The molecule has 0 radical (unpaired) electrons. The molecule has 0 amide bonds. The Labute approximate surface area is 119 Å². The number of rotatable bonds is 4. The number of hydrogen-bond donors (Lipinski definition) is 1. The molecule has 2 rings (SSSR count). The summed E-state index contributed by atoms with van der Waals surface area (Å²) in [5.41, 5.74) is 10.1. The van der Waals surface area contributed by atoms with Crippen LogP contribution in [-0.4, -0.2) is 4.99 Å². The summed E-state index contributed by atoms with van der Waals surface area (Å²) in [6.45, 7) is 4.72. The quantitative estimate of drug-likeness (QED) is 0.864. The van der Waals surface area contributed by atoms with Crippen LogP contribution >= 0.6 is 12.2 Å². The summed E-state index contributed by atoms with van der Waals surface area (Å²) in [5, 5.41) is 0. The van der Waals surface area contributed by atoms with Crippen molar-refractivity contribution in [3.05, 3.63) is 64.7 Å². The molecule has 0 spiro atoms. The van der Waals surface area contributed by atoms with Crippen molar-refractivity contribution in [3.8, 4) is 5.75 Å². The predicted octanol–water partition coefficient (Wildman–Crippen LogP) is 3.52. The Balaban J connectivity index is 2.12. The highest BCUT2D eigenvalue weighted by molar-refractivity contribution is 7.80. The van der Waals surface area contributed by atoms with Gasteiger partial charge in [-0.05, 0) is 37.1 Å². The van der Waals surface area contributed by atoms with Gasteiger partial charge in [0.1, 0.15) is 17.3 Å². The molecule has 0 aliphatic heterocycles. The standard InChI is InChI=1S/C16H17NOS/c1-11-6-7-12(2)14(8-11)10-18-15-5-3-4-13(9-15)16(17)19/h3-9H,10H2,1-2H3,(H2,17,19). The van der Waals surface area contributed by atoms with Gasteiger partial charge in [0.25, 0.3) is 0 Å². The van der Waals surface area contributed by atoms with E-state index >= 15 is 0 Å². The molecule has 0 heterocycles. The highest BCUT2D eigenvalue weighted by atomic mass is 32.1. The lowest BCUT2D eigenvalue weighted by Crippen LogP contribution is -2.09. The summed E-state index contributed by atoms with van der Waals surface area (Å²) in [5.74, 6) is 0.784. The first-order chi connectivity index (χ1) is 9.06. The zero-order valence-corrected chi connectivity index (χ0v) is 12.0. The predicted molar refractivity (Wildman–Crippen MR) is 82.6 cm³/mol. The molecule has 2 aromatic carbocycles. The molecule has 2 aromatic rings. The molecule has 0 aliphatic carbocycles. The van der Waals surface area contributed by atoms with E-state index in [1.54, 1.807) is 0 Å². The van der Waals surface area contributed by atoms with E-state index in [1.165, 1.54) is 16.7 Å². The Morgan fingerprint density at radius 3 is 2.68 bits per heavy atom. The summed E-state index contributed by atoms with van der Waals surface area (Å²) in [7, 11) is 0. The molecule has 3 heteroatoms.